The van der Waals surface area contributed by atoms with Crippen LogP contribution < -0.4 is 15.4 Å². The van der Waals surface area contributed by atoms with Gasteiger partial charge in [-0.05, 0) is 39.3 Å². The molecule has 5 nitrogen and oxygen atoms in total. The van der Waals surface area contributed by atoms with Crippen molar-refractivity contribution in [3.8, 4) is 5.75 Å². The van der Waals surface area contributed by atoms with E-state index in [1.807, 2.05) is 44.2 Å². The number of nitrogens with zero attached hydrogens (tertiary/aromatic N) is 1. The summed E-state index contributed by atoms with van der Waals surface area (Å²) in [6, 6.07) is 9.86. The summed E-state index contributed by atoms with van der Waals surface area (Å²) < 4.78 is 11.0. The first-order valence-electron chi connectivity index (χ1n) is 7.82. The molecule has 1 aromatic carbocycles. The highest BCUT2D eigenvalue weighted by molar-refractivity contribution is 14.0. The molecule has 0 spiro atoms. The molecule has 0 aromatic heterocycles. The lowest BCUT2D eigenvalue weighted by molar-refractivity contribution is 0.0310. The third-order valence-corrected chi connectivity index (χ3v) is 3.14. The molecule has 0 aliphatic carbocycles. The number of nitrogens with one attached hydrogen (secondary N) is 2. The van der Waals surface area contributed by atoms with Crippen molar-refractivity contribution in [2.75, 3.05) is 33.4 Å². The Bertz CT molecular complexity index is 439. The summed E-state index contributed by atoms with van der Waals surface area (Å²) in [4.78, 5) is 4.54. The van der Waals surface area contributed by atoms with E-state index in [4.69, 9.17) is 9.47 Å². The number of halogens is 1. The highest BCUT2D eigenvalue weighted by Crippen LogP contribution is 2.08. The lowest BCUT2D eigenvalue weighted by Crippen LogP contribution is -2.39. The average molecular weight is 435 g/mol. The predicted octanol–water partition coefficient (Wildman–Crippen LogP) is 3.05. The fourth-order valence-corrected chi connectivity index (χ4v) is 1.66. The second kappa shape index (κ2) is 12.4. The Morgan fingerprint density at radius 2 is 1.87 bits per heavy atom. The lowest BCUT2D eigenvalue weighted by atomic mass is 10.1. The molecule has 0 saturated heterocycles. The van der Waals surface area contributed by atoms with Gasteiger partial charge in [0.15, 0.2) is 5.96 Å². The van der Waals surface area contributed by atoms with Crippen LogP contribution in [-0.4, -0.2) is 44.9 Å². The highest BCUT2D eigenvalue weighted by atomic mass is 127. The fourth-order valence-electron chi connectivity index (χ4n) is 1.66. The number of para-hydroxylation sites is 1. The molecule has 0 unspecified atom stereocenters. The molecule has 132 valence electrons. The lowest BCUT2D eigenvalue weighted by Gasteiger charge is -2.21. The molecule has 0 fully saturated rings. The normalized spacial score (nSPS) is 11.6. The number of hydrogen-bond acceptors (Lipinski definition) is 3. The molecule has 0 aliphatic heterocycles. The third-order valence-electron chi connectivity index (χ3n) is 3.14. The Balaban J connectivity index is 0.00000484. The van der Waals surface area contributed by atoms with Crippen LogP contribution in [0, 0.1) is 0 Å². The van der Waals surface area contributed by atoms with E-state index in [1.54, 1.807) is 7.11 Å². The quantitative estimate of drug-likeness (QED) is 0.271. The van der Waals surface area contributed by atoms with E-state index in [-0.39, 0.29) is 29.6 Å². The van der Waals surface area contributed by atoms with Crippen molar-refractivity contribution < 1.29 is 9.47 Å². The molecule has 1 aromatic rings. The minimum atomic E-state index is -0.251. The smallest absolute Gasteiger partial charge is 0.191 e. The molecule has 0 aliphatic rings. The summed E-state index contributed by atoms with van der Waals surface area (Å²) in [7, 11) is 1.71. The first-order chi connectivity index (χ1) is 10.6. The molecule has 1 rings (SSSR count). The van der Waals surface area contributed by atoms with E-state index in [1.165, 1.54) is 0 Å². The zero-order valence-corrected chi connectivity index (χ0v) is 16.9. The maximum absolute atomic E-state index is 5.66. The molecule has 6 heteroatoms. The summed E-state index contributed by atoms with van der Waals surface area (Å²) in [5.74, 6) is 1.72. The number of aliphatic imine (C=N–C) groups is 1. The van der Waals surface area contributed by atoms with Crippen molar-refractivity contribution in [2.24, 2.45) is 4.99 Å². The first kappa shape index (κ1) is 22.0. The Kier molecular flexibility index (Phi) is 11.9. The molecule has 0 radical (unpaired) electrons. The number of ether oxygens (including phenoxy) is 2. The minimum absolute atomic E-state index is 0. The molecule has 0 saturated carbocycles. The Morgan fingerprint density at radius 3 is 2.48 bits per heavy atom. The SMILES string of the molecule is CCNC(=NCC(C)(C)OC)NCCCOc1ccccc1.I. The average Bonchev–Trinajstić information content (AvgIpc) is 2.53. The zero-order chi connectivity index (χ0) is 16.3. The molecule has 0 bridgehead atoms. The summed E-state index contributed by atoms with van der Waals surface area (Å²) >= 11 is 0. The number of benzene rings is 1. The van der Waals surface area contributed by atoms with Gasteiger partial charge in [-0.25, -0.2) is 0 Å². The van der Waals surface area contributed by atoms with E-state index in [0.717, 1.165) is 31.2 Å². The standard InChI is InChI=1S/C17H29N3O2.HI/c1-5-18-16(20-14-17(2,3)21-4)19-12-9-13-22-15-10-7-6-8-11-15;/h6-8,10-11H,5,9,12-14H2,1-4H3,(H2,18,19,20);1H. The summed E-state index contributed by atoms with van der Waals surface area (Å²) in [5.41, 5.74) is -0.251. The third kappa shape index (κ3) is 10.4. The molecule has 0 heterocycles. The van der Waals surface area contributed by atoms with Crippen molar-refractivity contribution in [1.82, 2.24) is 10.6 Å². The van der Waals surface area contributed by atoms with Crippen molar-refractivity contribution in [1.29, 1.82) is 0 Å². The van der Waals surface area contributed by atoms with Gasteiger partial charge in [-0.15, -0.1) is 24.0 Å². The van der Waals surface area contributed by atoms with Crippen LogP contribution in [0.2, 0.25) is 0 Å². The second-order valence-electron chi connectivity index (χ2n) is 5.60. The molecular formula is C17H30IN3O2. The maximum atomic E-state index is 5.66. The number of methoxy groups -OCH3 is 1. The van der Waals surface area contributed by atoms with Crippen LogP contribution in [0.25, 0.3) is 0 Å². The predicted molar refractivity (Wildman–Crippen MR) is 107 cm³/mol. The van der Waals surface area contributed by atoms with Gasteiger partial charge in [0, 0.05) is 20.2 Å². The Labute approximate surface area is 157 Å². The van der Waals surface area contributed by atoms with Gasteiger partial charge in [-0.3, -0.25) is 4.99 Å². The van der Waals surface area contributed by atoms with Crippen molar-refractivity contribution in [2.45, 2.75) is 32.8 Å². The van der Waals surface area contributed by atoms with Gasteiger partial charge < -0.3 is 20.1 Å². The van der Waals surface area contributed by atoms with Crippen LogP contribution in [0.1, 0.15) is 27.2 Å². The van der Waals surface area contributed by atoms with Gasteiger partial charge in [-0.2, -0.15) is 0 Å². The Morgan fingerprint density at radius 1 is 1.17 bits per heavy atom. The monoisotopic (exact) mass is 435 g/mol. The molecule has 2 N–H and O–H groups in total. The number of rotatable bonds is 9. The van der Waals surface area contributed by atoms with Gasteiger partial charge >= 0.3 is 0 Å². The van der Waals surface area contributed by atoms with Crippen molar-refractivity contribution >= 4 is 29.9 Å². The van der Waals surface area contributed by atoms with Crippen LogP contribution in [0.5, 0.6) is 5.75 Å². The van der Waals surface area contributed by atoms with E-state index >= 15 is 0 Å². The topological polar surface area (TPSA) is 54.9 Å². The zero-order valence-electron chi connectivity index (χ0n) is 14.6. The van der Waals surface area contributed by atoms with E-state index in [0.29, 0.717) is 13.2 Å². The van der Waals surface area contributed by atoms with Crippen LogP contribution >= 0.6 is 24.0 Å². The van der Waals surface area contributed by atoms with Crippen molar-refractivity contribution in [3.63, 3.8) is 0 Å². The number of hydrogen-bond donors (Lipinski definition) is 2. The summed E-state index contributed by atoms with van der Waals surface area (Å²) in [6.45, 7) is 9.03. The van der Waals surface area contributed by atoms with E-state index < -0.39 is 0 Å². The van der Waals surface area contributed by atoms with Gasteiger partial charge in [0.05, 0.1) is 18.8 Å². The van der Waals surface area contributed by atoms with E-state index in [9.17, 15) is 0 Å². The molecular weight excluding hydrogens is 405 g/mol. The second-order valence-corrected chi connectivity index (χ2v) is 5.60. The van der Waals surface area contributed by atoms with Crippen LogP contribution in [-0.2, 0) is 4.74 Å². The van der Waals surface area contributed by atoms with Crippen molar-refractivity contribution in [3.05, 3.63) is 30.3 Å². The molecule has 23 heavy (non-hydrogen) atoms. The van der Waals surface area contributed by atoms with Crippen LogP contribution in [0.15, 0.2) is 35.3 Å². The molecule has 0 amide bonds. The molecule has 0 atom stereocenters. The van der Waals surface area contributed by atoms with Crippen LogP contribution in [0.3, 0.4) is 0 Å². The summed E-state index contributed by atoms with van der Waals surface area (Å²) in [5, 5.41) is 6.54. The minimum Gasteiger partial charge on any atom is -0.494 e. The first-order valence-corrected chi connectivity index (χ1v) is 7.82. The largest absolute Gasteiger partial charge is 0.494 e. The van der Waals surface area contributed by atoms with Gasteiger partial charge in [0.25, 0.3) is 0 Å². The van der Waals surface area contributed by atoms with Gasteiger partial charge in [0.2, 0.25) is 0 Å². The van der Waals surface area contributed by atoms with E-state index in [2.05, 4.69) is 22.5 Å². The maximum Gasteiger partial charge on any atom is 0.191 e. The summed E-state index contributed by atoms with van der Waals surface area (Å²) in [6.07, 6.45) is 0.910. The van der Waals surface area contributed by atoms with Gasteiger partial charge in [-0.1, -0.05) is 18.2 Å². The number of guanidine groups is 1. The fraction of sp³-hybridized carbons (Fsp3) is 0.588. The Hall–Kier alpha value is -1.02. The van der Waals surface area contributed by atoms with Crippen LogP contribution in [0.4, 0.5) is 0 Å². The highest BCUT2D eigenvalue weighted by Gasteiger charge is 2.15. The van der Waals surface area contributed by atoms with Gasteiger partial charge in [0.1, 0.15) is 5.75 Å².